The van der Waals surface area contributed by atoms with Gasteiger partial charge in [-0.1, -0.05) is 37.3 Å². The number of rotatable bonds is 5. The van der Waals surface area contributed by atoms with Gasteiger partial charge in [0.15, 0.2) is 5.13 Å². The minimum atomic E-state index is -0.232. The van der Waals surface area contributed by atoms with E-state index in [4.69, 9.17) is 5.73 Å². The molecule has 0 saturated carbocycles. The molecule has 0 aliphatic carbocycles. The van der Waals surface area contributed by atoms with Crippen LogP contribution in [0.3, 0.4) is 0 Å². The van der Waals surface area contributed by atoms with Crippen LogP contribution in [-0.4, -0.2) is 11.5 Å². The van der Waals surface area contributed by atoms with Crippen LogP contribution in [0.2, 0.25) is 0 Å². The fraction of sp³-hybridized carbons (Fsp3) is 0.400. The van der Waals surface area contributed by atoms with Gasteiger partial charge in [-0.25, -0.2) is 9.37 Å². The molecule has 0 unspecified atom stereocenters. The number of hydrogen-bond donors (Lipinski definition) is 1. The summed E-state index contributed by atoms with van der Waals surface area (Å²) in [4.78, 5) is 7.63. The van der Waals surface area contributed by atoms with Crippen LogP contribution < -0.4 is 10.6 Å². The maximum absolute atomic E-state index is 14.0. The largest absolute Gasteiger partial charge is 0.326 e. The zero-order valence-electron chi connectivity index (χ0n) is 12.1. The van der Waals surface area contributed by atoms with Crippen LogP contribution in [0.15, 0.2) is 24.3 Å². The first-order chi connectivity index (χ1) is 9.58. The molecule has 108 valence electrons. The second kappa shape index (κ2) is 6.33. The summed E-state index contributed by atoms with van der Waals surface area (Å²) in [6.45, 7) is 7.32. The van der Waals surface area contributed by atoms with Crippen molar-refractivity contribution in [2.24, 2.45) is 5.73 Å². The first-order valence-corrected chi connectivity index (χ1v) is 7.61. The molecular weight excluding hydrogens is 273 g/mol. The second-order valence-corrected chi connectivity index (χ2v) is 5.92. The van der Waals surface area contributed by atoms with E-state index in [1.807, 2.05) is 17.9 Å². The fourth-order valence-electron chi connectivity index (χ4n) is 2.14. The quantitative estimate of drug-likeness (QED) is 0.905. The predicted octanol–water partition coefficient (Wildman–Crippen LogP) is 4.02. The maximum atomic E-state index is 14.0. The molecule has 1 heterocycles. The highest BCUT2D eigenvalue weighted by molar-refractivity contribution is 7.15. The van der Waals surface area contributed by atoms with E-state index in [0.29, 0.717) is 24.7 Å². The molecular formula is C15H20FN3S. The Labute approximate surface area is 123 Å². The molecule has 2 aromatic rings. The monoisotopic (exact) mass is 293 g/mol. The molecule has 0 spiro atoms. The predicted molar refractivity (Wildman–Crippen MR) is 83.2 cm³/mol. The minimum absolute atomic E-state index is 0.232. The molecule has 20 heavy (non-hydrogen) atoms. The van der Waals surface area contributed by atoms with Crippen LogP contribution in [0.4, 0.5) is 15.2 Å². The van der Waals surface area contributed by atoms with Crippen LogP contribution in [0.5, 0.6) is 0 Å². The summed E-state index contributed by atoms with van der Waals surface area (Å²) in [6, 6.07) is 6.78. The van der Waals surface area contributed by atoms with Crippen molar-refractivity contribution in [2.75, 3.05) is 11.4 Å². The summed E-state index contributed by atoms with van der Waals surface area (Å²) in [5.74, 6) is 0.0859. The number of thiazole rings is 1. The fourth-order valence-corrected chi connectivity index (χ4v) is 3.31. The first-order valence-electron chi connectivity index (χ1n) is 6.80. The van der Waals surface area contributed by atoms with Crippen molar-refractivity contribution < 1.29 is 4.39 Å². The third kappa shape index (κ3) is 2.83. The average molecular weight is 293 g/mol. The lowest BCUT2D eigenvalue weighted by atomic mass is 10.1. The van der Waals surface area contributed by atoms with Crippen molar-refractivity contribution in [3.8, 4) is 0 Å². The third-order valence-corrected chi connectivity index (χ3v) is 4.26. The van der Waals surface area contributed by atoms with Gasteiger partial charge in [0.1, 0.15) is 5.82 Å². The third-order valence-electron chi connectivity index (χ3n) is 3.14. The Morgan fingerprint density at radius 3 is 2.55 bits per heavy atom. The van der Waals surface area contributed by atoms with E-state index in [9.17, 15) is 4.39 Å². The molecule has 3 nitrogen and oxygen atoms in total. The molecule has 1 aromatic carbocycles. The van der Waals surface area contributed by atoms with Crippen LogP contribution in [-0.2, 0) is 6.54 Å². The maximum Gasteiger partial charge on any atom is 0.190 e. The van der Waals surface area contributed by atoms with Gasteiger partial charge in [0.05, 0.1) is 11.4 Å². The van der Waals surface area contributed by atoms with Crippen molar-refractivity contribution in [3.05, 3.63) is 40.7 Å². The number of anilines is 2. The molecule has 5 heteroatoms. The lowest BCUT2D eigenvalue weighted by Gasteiger charge is -2.20. The van der Waals surface area contributed by atoms with Gasteiger partial charge in [-0.3, -0.25) is 0 Å². The Kier molecular flexibility index (Phi) is 4.73. The SMILES string of the molecule is CCN(c1nc(C(C)C)c(CN)s1)c1ccccc1F. The molecule has 2 rings (SSSR count). The van der Waals surface area contributed by atoms with Crippen molar-refractivity contribution >= 4 is 22.2 Å². The van der Waals surface area contributed by atoms with Crippen molar-refractivity contribution in [1.82, 2.24) is 4.98 Å². The molecule has 0 bridgehead atoms. The van der Waals surface area contributed by atoms with Gasteiger partial charge >= 0.3 is 0 Å². The molecule has 2 N–H and O–H groups in total. The van der Waals surface area contributed by atoms with Crippen LogP contribution in [0, 0.1) is 5.82 Å². The van der Waals surface area contributed by atoms with Gasteiger partial charge in [0.2, 0.25) is 0 Å². The highest BCUT2D eigenvalue weighted by Crippen LogP contribution is 2.35. The highest BCUT2D eigenvalue weighted by Gasteiger charge is 2.19. The van der Waals surface area contributed by atoms with Gasteiger partial charge in [0.25, 0.3) is 0 Å². The van der Waals surface area contributed by atoms with E-state index in [2.05, 4.69) is 18.8 Å². The Hall–Kier alpha value is -1.46. The summed E-state index contributed by atoms with van der Waals surface area (Å²) in [5.41, 5.74) is 7.36. The summed E-state index contributed by atoms with van der Waals surface area (Å²) < 4.78 is 14.0. The molecule has 0 amide bonds. The molecule has 0 fully saturated rings. The Morgan fingerprint density at radius 1 is 1.35 bits per heavy atom. The Morgan fingerprint density at radius 2 is 2.05 bits per heavy atom. The standard InChI is InChI=1S/C15H20FN3S/c1-4-19(12-8-6-5-7-11(12)16)15-18-14(10(2)3)13(9-17)20-15/h5-8,10H,4,9,17H2,1-3H3. The molecule has 0 atom stereocenters. The molecule has 1 aromatic heterocycles. The number of benzene rings is 1. The lowest BCUT2D eigenvalue weighted by Crippen LogP contribution is -2.17. The van der Waals surface area contributed by atoms with Gasteiger partial charge in [-0.15, -0.1) is 0 Å². The van der Waals surface area contributed by atoms with Gasteiger partial charge in [-0.2, -0.15) is 0 Å². The molecule has 0 aliphatic heterocycles. The number of nitrogens with zero attached hydrogens (tertiary/aromatic N) is 2. The van der Waals surface area contributed by atoms with E-state index >= 15 is 0 Å². The van der Waals surface area contributed by atoms with Crippen LogP contribution in [0.1, 0.15) is 37.3 Å². The molecule has 0 saturated heterocycles. The first kappa shape index (κ1) is 14.9. The van der Waals surface area contributed by atoms with E-state index in [0.717, 1.165) is 15.7 Å². The highest BCUT2D eigenvalue weighted by atomic mass is 32.1. The summed E-state index contributed by atoms with van der Waals surface area (Å²) in [7, 11) is 0. The van der Waals surface area contributed by atoms with E-state index in [1.54, 1.807) is 23.5 Å². The number of nitrogens with two attached hydrogens (primary N) is 1. The van der Waals surface area contributed by atoms with Gasteiger partial charge in [-0.05, 0) is 25.0 Å². The van der Waals surface area contributed by atoms with Crippen LogP contribution in [0.25, 0.3) is 0 Å². The smallest absolute Gasteiger partial charge is 0.190 e. The van der Waals surface area contributed by atoms with E-state index in [1.165, 1.54) is 6.07 Å². The number of para-hydroxylation sites is 1. The average Bonchev–Trinajstić information content (AvgIpc) is 2.86. The summed E-state index contributed by atoms with van der Waals surface area (Å²) >= 11 is 1.55. The minimum Gasteiger partial charge on any atom is -0.326 e. The zero-order chi connectivity index (χ0) is 14.7. The normalized spacial score (nSPS) is 11.1. The van der Waals surface area contributed by atoms with Gasteiger partial charge in [0, 0.05) is 18.0 Å². The number of hydrogen-bond acceptors (Lipinski definition) is 4. The number of aromatic nitrogens is 1. The van der Waals surface area contributed by atoms with E-state index in [-0.39, 0.29) is 5.82 Å². The van der Waals surface area contributed by atoms with Crippen molar-refractivity contribution in [2.45, 2.75) is 33.2 Å². The topological polar surface area (TPSA) is 42.2 Å². The lowest BCUT2D eigenvalue weighted by molar-refractivity contribution is 0.625. The number of halogens is 1. The van der Waals surface area contributed by atoms with Crippen molar-refractivity contribution in [3.63, 3.8) is 0 Å². The van der Waals surface area contributed by atoms with Crippen LogP contribution >= 0.6 is 11.3 Å². The summed E-state index contributed by atoms with van der Waals surface area (Å²) in [5, 5.41) is 0.807. The van der Waals surface area contributed by atoms with E-state index < -0.39 is 0 Å². The molecule has 0 aliphatic rings. The zero-order valence-corrected chi connectivity index (χ0v) is 12.9. The Bertz CT molecular complexity index is 580. The Balaban J connectivity index is 2.45. The van der Waals surface area contributed by atoms with Crippen molar-refractivity contribution in [1.29, 1.82) is 0 Å². The second-order valence-electron chi connectivity index (χ2n) is 4.86. The van der Waals surface area contributed by atoms with Gasteiger partial charge < -0.3 is 10.6 Å². The molecule has 0 radical (unpaired) electrons. The summed E-state index contributed by atoms with van der Waals surface area (Å²) in [6.07, 6.45) is 0.